The van der Waals surface area contributed by atoms with Crippen LogP contribution in [0.4, 0.5) is 5.69 Å². The number of carbonyl (C=O) groups excluding carboxylic acids is 2. The largest absolute Gasteiger partial charge is 0.496 e. The molecular formula is C20H24N2O4. The van der Waals surface area contributed by atoms with Crippen molar-refractivity contribution < 1.29 is 19.1 Å². The van der Waals surface area contributed by atoms with Gasteiger partial charge in [-0.1, -0.05) is 12.1 Å². The molecular weight excluding hydrogens is 332 g/mol. The van der Waals surface area contributed by atoms with E-state index in [1.807, 2.05) is 20.8 Å². The lowest BCUT2D eigenvalue weighted by molar-refractivity contribution is -0.124. The summed E-state index contributed by atoms with van der Waals surface area (Å²) >= 11 is 0. The molecule has 0 atom stereocenters. The van der Waals surface area contributed by atoms with Crippen molar-refractivity contribution in [1.82, 2.24) is 5.32 Å². The van der Waals surface area contributed by atoms with Crippen LogP contribution in [-0.2, 0) is 4.79 Å². The SMILES string of the molecule is COc1ccccc1C(=O)Nc1ccc(OCC(=O)NC(C)(C)C)cc1. The fourth-order valence-corrected chi connectivity index (χ4v) is 2.27. The quantitative estimate of drug-likeness (QED) is 0.833. The summed E-state index contributed by atoms with van der Waals surface area (Å²) in [5.41, 5.74) is 0.772. The van der Waals surface area contributed by atoms with Crippen LogP contribution >= 0.6 is 0 Å². The van der Waals surface area contributed by atoms with Gasteiger partial charge >= 0.3 is 0 Å². The highest BCUT2D eigenvalue weighted by molar-refractivity contribution is 6.06. The van der Waals surface area contributed by atoms with Gasteiger partial charge in [-0.25, -0.2) is 0 Å². The minimum absolute atomic E-state index is 0.0653. The second kappa shape index (κ2) is 8.38. The van der Waals surface area contributed by atoms with Crippen LogP contribution in [0.15, 0.2) is 48.5 Å². The summed E-state index contributed by atoms with van der Waals surface area (Å²) in [5.74, 6) is 0.603. The Kier molecular flexibility index (Phi) is 6.22. The molecule has 6 nitrogen and oxygen atoms in total. The zero-order chi connectivity index (χ0) is 19.2. The maximum Gasteiger partial charge on any atom is 0.259 e. The van der Waals surface area contributed by atoms with Crippen molar-refractivity contribution in [1.29, 1.82) is 0 Å². The van der Waals surface area contributed by atoms with E-state index < -0.39 is 0 Å². The number of methoxy groups -OCH3 is 1. The Morgan fingerprint density at radius 2 is 1.65 bits per heavy atom. The Morgan fingerprint density at radius 3 is 2.27 bits per heavy atom. The summed E-state index contributed by atoms with van der Waals surface area (Å²) in [6.07, 6.45) is 0. The molecule has 0 aliphatic carbocycles. The van der Waals surface area contributed by atoms with Crippen LogP contribution in [-0.4, -0.2) is 31.1 Å². The number of hydrogen-bond acceptors (Lipinski definition) is 4. The number of nitrogens with one attached hydrogen (secondary N) is 2. The van der Waals surface area contributed by atoms with E-state index >= 15 is 0 Å². The van der Waals surface area contributed by atoms with Crippen LogP contribution in [0, 0.1) is 0 Å². The zero-order valence-corrected chi connectivity index (χ0v) is 15.5. The van der Waals surface area contributed by atoms with Crippen LogP contribution in [0.3, 0.4) is 0 Å². The molecule has 0 heterocycles. The fraction of sp³-hybridized carbons (Fsp3) is 0.300. The van der Waals surface area contributed by atoms with Crippen molar-refractivity contribution in [3.05, 3.63) is 54.1 Å². The molecule has 2 N–H and O–H groups in total. The van der Waals surface area contributed by atoms with Gasteiger partial charge in [0.05, 0.1) is 12.7 Å². The predicted octanol–water partition coefficient (Wildman–Crippen LogP) is 3.24. The molecule has 0 unspecified atom stereocenters. The Hall–Kier alpha value is -3.02. The lowest BCUT2D eigenvalue weighted by Gasteiger charge is -2.20. The maximum absolute atomic E-state index is 12.4. The molecule has 0 fully saturated rings. The van der Waals surface area contributed by atoms with Crippen LogP contribution in [0.5, 0.6) is 11.5 Å². The second-order valence-corrected chi connectivity index (χ2v) is 6.77. The summed E-state index contributed by atoms with van der Waals surface area (Å²) in [6, 6.07) is 13.8. The third-order valence-electron chi connectivity index (χ3n) is 3.35. The Labute approximate surface area is 153 Å². The number of rotatable bonds is 6. The van der Waals surface area contributed by atoms with E-state index in [9.17, 15) is 9.59 Å². The van der Waals surface area contributed by atoms with Gasteiger partial charge in [0.2, 0.25) is 0 Å². The molecule has 0 radical (unpaired) electrons. The highest BCUT2D eigenvalue weighted by Crippen LogP contribution is 2.20. The summed E-state index contributed by atoms with van der Waals surface area (Å²) in [6.45, 7) is 5.66. The van der Waals surface area contributed by atoms with Crippen molar-refractivity contribution in [2.45, 2.75) is 26.3 Å². The average molecular weight is 356 g/mol. The fourth-order valence-electron chi connectivity index (χ4n) is 2.27. The molecule has 0 aromatic heterocycles. The average Bonchev–Trinajstić information content (AvgIpc) is 2.59. The van der Waals surface area contributed by atoms with E-state index in [1.165, 1.54) is 7.11 Å². The van der Waals surface area contributed by atoms with E-state index in [0.29, 0.717) is 22.7 Å². The van der Waals surface area contributed by atoms with Crippen LogP contribution < -0.4 is 20.1 Å². The maximum atomic E-state index is 12.4. The minimum Gasteiger partial charge on any atom is -0.496 e. The van der Waals surface area contributed by atoms with Crippen molar-refractivity contribution >= 4 is 17.5 Å². The number of para-hydroxylation sites is 1. The molecule has 0 saturated heterocycles. The first kappa shape index (κ1) is 19.3. The number of hydrogen-bond donors (Lipinski definition) is 2. The van der Waals surface area contributed by atoms with Gasteiger partial charge in [-0.05, 0) is 57.2 Å². The van der Waals surface area contributed by atoms with Crippen molar-refractivity contribution in [2.24, 2.45) is 0 Å². The van der Waals surface area contributed by atoms with E-state index in [2.05, 4.69) is 10.6 Å². The summed E-state index contributed by atoms with van der Waals surface area (Å²) in [7, 11) is 1.52. The van der Waals surface area contributed by atoms with Gasteiger partial charge in [-0.2, -0.15) is 0 Å². The van der Waals surface area contributed by atoms with Crippen LogP contribution in [0.1, 0.15) is 31.1 Å². The number of amides is 2. The topological polar surface area (TPSA) is 76.7 Å². The molecule has 0 saturated carbocycles. The van der Waals surface area contributed by atoms with Crippen LogP contribution in [0.25, 0.3) is 0 Å². The zero-order valence-electron chi connectivity index (χ0n) is 15.5. The van der Waals surface area contributed by atoms with E-state index in [-0.39, 0.29) is 24.0 Å². The molecule has 138 valence electrons. The highest BCUT2D eigenvalue weighted by atomic mass is 16.5. The lowest BCUT2D eigenvalue weighted by atomic mass is 10.1. The molecule has 6 heteroatoms. The number of anilines is 1. The first-order valence-electron chi connectivity index (χ1n) is 8.27. The van der Waals surface area contributed by atoms with E-state index in [4.69, 9.17) is 9.47 Å². The summed E-state index contributed by atoms with van der Waals surface area (Å²) in [5, 5.41) is 5.63. The van der Waals surface area contributed by atoms with Gasteiger partial charge in [-0.3, -0.25) is 9.59 Å². The van der Waals surface area contributed by atoms with Gasteiger partial charge in [0, 0.05) is 11.2 Å². The molecule has 2 aromatic rings. The van der Waals surface area contributed by atoms with Gasteiger partial charge in [-0.15, -0.1) is 0 Å². The number of benzene rings is 2. The van der Waals surface area contributed by atoms with Gasteiger partial charge in [0.1, 0.15) is 11.5 Å². The van der Waals surface area contributed by atoms with Gasteiger partial charge < -0.3 is 20.1 Å². The molecule has 2 amide bonds. The van der Waals surface area contributed by atoms with E-state index in [0.717, 1.165) is 0 Å². The van der Waals surface area contributed by atoms with Gasteiger partial charge in [0.25, 0.3) is 11.8 Å². The first-order valence-corrected chi connectivity index (χ1v) is 8.27. The molecule has 0 bridgehead atoms. The normalized spacial score (nSPS) is 10.8. The van der Waals surface area contributed by atoms with Gasteiger partial charge in [0.15, 0.2) is 6.61 Å². The van der Waals surface area contributed by atoms with Crippen LogP contribution in [0.2, 0.25) is 0 Å². The second-order valence-electron chi connectivity index (χ2n) is 6.77. The smallest absolute Gasteiger partial charge is 0.259 e. The third-order valence-corrected chi connectivity index (χ3v) is 3.35. The minimum atomic E-state index is -0.299. The molecule has 0 aliphatic heterocycles. The number of carbonyl (C=O) groups is 2. The molecule has 0 spiro atoms. The summed E-state index contributed by atoms with van der Waals surface area (Å²) < 4.78 is 10.6. The summed E-state index contributed by atoms with van der Waals surface area (Å²) in [4.78, 5) is 24.1. The van der Waals surface area contributed by atoms with Crippen molar-refractivity contribution in [3.63, 3.8) is 0 Å². The van der Waals surface area contributed by atoms with Crippen molar-refractivity contribution in [2.75, 3.05) is 19.0 Å². The third kappa shape index (κ3) is 5.81. The molecule has 26 heavy (non-hydrogen) atoms. The lowest BCUT2D eigenvalue weighted by Crippen LogP contribution is -2.43. The Morgan fingerprint density at radius 1 is 1.00 bits per heavy atom. The predicted molar refractivity (Wildman–Crippen MR) is 101 cm³/mol. The molecule has 0 aliphatic rings. The van der Waals surface area contributed by atoms with E-state index in [1.54, 1.807) is 48.5 Å². The Bertz CT molecular complexity index is 764. The number of ether oxygens (including phenoxy) is 2. The molecule has 2 rings (SSSR count). The standard InChI is InChI=1S/C20H24N2O4/c1-20(2,3)22-18(23)13-26-15-11-9-14(10-12-15)21-19(24)16-7-5-6-8-17(16)25-4/h5-12H,13H2,1-4H3,(H,21,24)(H,22,23). The highest BCUT2D eigenvalue weighted by Gasteiger charge is 2.14. The monoisotopic (exact) mass is 356 g/mol. The molecule has 2 aromatic carbocycles. The first-order chi connectivity index (χ1) is 12.3. The van der Waals surface area contributed by atoms with Crippen molar-refractivity contribution in [3.8, 4) is 11.5 Å². The Balaban J connectivity index is 1.93.